The number of fused-ring (bicyclic) bond motifs is 1. The molecule has 0 fully saturated rings. The van der Waals surface area contributed by atoms with Crippen LogP contribution in [0.4, 0.5) is 4.79 Å². The summed E-state index contributed by atoms with van der Waals surface area (Å²) in [4.78, 5) is 13.9. The molecule has 0 aliphatic heterocycles. The van der Waals surface area contributed by atoms with Gasteiger partial charge in [0.15, 0.2) is 0 Å². The van der Waals surface area contributed by atoms with E-state index in [0.717, 1.165) is 25.9 Å². The van der Waals surface area contributed by atoms with E-state index in [9.17, 15) is 4.79 Å². The Bertz CT molecular complexity index is 606. The number of H-pyrrole nitrogens is 1. The van der Waals surface area contributed by atoms with Crippen molar-refractivity contribution in [3.8, 4) is 0 Å². The smallest absolute Gasteiger partial charge is 0.427 e. The molecule has 1 aromatic carbocycles. The fourth-order valence-corrected chi connectivity index (χ4v) is 1.98. The van der Waals surface area contributed by atoms with Crippen molar-refractivity contribution in [1.29, 1.82) is 0 Å². The molecule has 1 heterocycles. The lowest BCUT2D eigenvalue weighted by molar-refractivity contribution is 0.150. The molecule has 1 amide bonds. The van der Waals surface area contributed by atoms with Crippen molar-refractivity contribution in [3.05, 3.63) is 34.4 Å². The number of nitrogens with zero attached hydrogens (tertiary/aromatic N) is 2. The quantitative estimate of drug-likeness (QED) is 0.675. The van der Waals surface area contributed by atoms with Crippen LogP contribution in [0.25, 0.3) is 10.9 Å². The molecule has 0 atom stereocenters. The maximum absolute atomic E-state index is 10.8. The van der Waals surface area contributed by atoms with Crippen molar-refractivity contribution >= 4 is 39.1 Å². The standard InChI is InChI=1S/C12H12BrN3O2/c1-2-16(12(17)18)15-7-8-6-14-11-4-3-9(13)5-10(8)11/h3-7,14H,2H2,1H3,(H,17,18). The number of nitrogens with one attached hydrogen (secondary N) is 1. The Hall–Kier alpha value is -1.82. The average Bonchev–Trinajstić information content (AvgIpc) is 2.72. The SMILES string of the molecule is CCN(N=Cc1c[nH]c2ccc(Br)cc12)C(=O)O. The monoisotopic (exact) mass is 309 g/mol. The summed E-state index contributed by atoms with van der Waals surface area (Å²) < 4.78 is 0.967. The summed E-state index contributed by atoms with van der Waals surface area (Å²) >= 11 is 3.41. The van der Waals surface area contributed by atoms with Gasteiger partial charge >= 0.3 is 6.09 Å². The van der Waals surface area contributed by atoms with Crippen LogP contribution in [0.5, 0.6) is 0 Å². The van der Waals surface area contributed by atoms with Gasteiger partial charge in [-0.3, -0.25) is 0 Å². The molecule has 2 rings (SSSR count). The molecular formula is C12H12BrN3O2. The van der Waals surface area contributed by atoms with Gasteiger partial charge in [-0.25, -0.2) is 4.79 Å². The van der Waals surface area contributed by atoms with Gasteiger partial charge in [-0.15, -0.1) is 0 Å². The van der Waals surface area contributed by atoms with Crippen LogP contribution < -0.4 is 0 Å². The first-order valence-electron chi connectivity index (χ1n) is 5.43. The highest BCUT2D eigenvalue weighted by Gasteiger charge is 2.07. The number of hydrogen-bond donors (Lipinski definition) is 2. The average molecular weight is 310 g/mol. The minimum absolute atomic E-state index is 0.317. The summed E-state index contributed by atoms with van der Waals surface area (Å²) in [5, 5.41) is 14.8. The zero-order chi connectivity index (χ0) is 13.1. The van der Waals surface area contributed by atoms with E-state index in [1.807, 2.05) is 18.2 Å². The van der Waals surface area contributed by atoms with E-state index in [1.165, 1.54) is 0 Å². The van der Waals surface area contributed by atoms with Crippen LogP contribution in [0.3, 0.4) is 0 Å². The Balaban J connectivity index is 2.34. The van der Waals surface area contributed by atoms with Crippen molar-refractivity contribution in [2.75, 3.05) is 6.54 Å². The first-order valence-corrected chi connectivity index (χ1v) is 6.22. The summed E-state index contributed by atoms with van der Waals surface area (Å²) in [6, 6.07) is 5.85. The van der Waals surface area contributed by atoms with Crippen LogP contribution in [0.15, 0.2) is 34.0 Å². The van der Waals surface area contributed by atoms with E-state index in [0.29, 0.717) is 6.54 Å². The van der Waals surface area contributed by atoms with Crippen LogP contribution in [0.2, 0.25) is 0 Å². The molecule has 0 unspecified atom stereocenters. The zero-order valence-corrected chi connectivity index (χ0v) is 11.3. The first kappa shape index (κ1) is 12.6. The van der Waals surface area contributed by atoms with E-state index < -0.39 is 6.09 Å². The van der Waals surface area contributed by atoms with Gasteiger partial charge in [0.25, 0.3) is 0 Å². The number of aromatic amines is 1. The number of hydrazone groups is 1. The molecule has 94 valence electrons. The van der Waals surface area contributed by atoms with Crippen LogP contribution >= 0.6 is 15.9 Å². The number of carbonyl (C=O) groups is 1. The van der Waals surface area contributed by atoms with Gasteiger partial charge in [-0.2, -0.15) is 10.1 Å². The van der Waals surface area contributed by atoms with Crippen molar-refractivity contribution in [1.82, 2.24) is 9.99 Å². The highest BCUT2D eigenvalue weighted by Crippen LogP contribution is 2.21. The third kappa shape index (κ3) is 2.53. The fraction of sp³-hybridized carbons (Fsp3) is 0.167. The summed E-state index contributed by atoms with van der Waals surface area (Å²) in [6.45, 7) is 2.05. The van der Waals surface area contributed by atoms with E-state index >= 15 is 0 Å². The lowest BCUT2D eigenvalue weighted by Gasteiger charge is -2.08. The Morgan fingerprint density at radius 2 is 2.39 bits per heavy atom. The third-order valence-electron chi connectivity index (χ3n) is 2.53. The number of carboxylic acid groups (broad SMARTS) is 1. The second kappa shape index (κ2) is 5.22. The molecule has 0 aliphatic carbocycles. The molecule has 0 aliphatic rings. The second-order valence-electron chi connectivity index (χ2n) is 3.68. The molecule has 6 heteroatoms. The predicted molar refractivity (Wildman–Crippen MR) is 74.0 cm³/mol. The van der Waals surface area contributed by atoms with E-state index in [-0.39, 0.29) is 0 Å². The zero-order valence-electron chi connectivity index (χ0n) is 9.72. The molecule has 2 aromatic rings. The molecular weight excluding hydrogens is 298 g/mol. The highest BCUT2D eigenvalue weighted by molar-refractivity contribution is 9.10. The number of hydrogen-bond acceptors (Lipinski definition) is 2. The van der Waals surface area contributed by atoms with Gasteiger partial charge in [-0.1, -0.05) is 15.9 Å². The number of halogens is 1. The fourth-order valence-electron chi connectivity index (χ4n) is 1.62. The summed E-state index contributed by atoms with van der Waals surface area (Å²) in [6.07, 6.45) is 2.29. The largest absolute Gasteiger partial charge is 0.464 e. The number of rotatable bonds is 3. The van der Waals surface area contributed by atoms with Crippen LogP contribution in [0, 0.1) is 0 Å². The maximum atomic E-state index is 10.8. The van der Waals surface area contributed by atoms with Gasteiger partial charge in [-0.05, 0) is 25.1 Å². The number of benzene rings is 1. The van der Waals surface area contributed by atoms with E-state index in [4.69, 9.17) is 5.11 Å². The Kier molecular flexibility index (Phi) is 3.66. The lowest BCUT2D eigenvalue weighted by atomic mass is 10.2. The highest BCUT2D eigenvalue weighted by atomic mass is 79.9. The summed E-state index contributed by atoms with van der Waals surface area (Å²) in [7, 11) is 0. The molecule has 2 N–H and O–H groups in total. The normalized spacial score (nSPS) is 11.2. The first-order chi connectivity index (χ1) is 8.61. The third-order valence-corrected chi connectivity index (χ3v) is 3.03. The molecule has 18 heavy (non-hydrogen) atoms. The van der Waals surface area contributed by atoms with E-state index in [1.54, 1.807) is 19.3 Å². The summed E-state index contributed by atoms with van der Waals surface area (Å²) in [5.74, 6) is 0. The van der Waals surface area contributed by atoms with Gasteiger partial charge in [0.2, 0.25) is 0 Å². The van der Waals surface area contributed by atoms with Crippen LogP contribution in [-0.4, -0.2) is 34.0 Å². The van der Waals surface area contributed by atoms with Gasteiger partial charge in [0, 0.05) is 33.7 Å². The van der Waals surface area contributed by atoms with Crippen molar-refractivity contribution in [3.63, 3.8) is 0 Å². The van der Waals surface area contributed by atoms with Gasteiger partial charge in [0.05, 0.1) is 6.21 Å². The number of aromatic nitrogens is 1. The van der Waals surface area contributed by atoms with Crippen LogP contribution in [-0.2, 0) is 0 Å². The van der Waals surface area contributed by atoms with Crippen molar-refractivity contribution < 1.29 is 9.90 Å². The summed E-state index contributed by atoms with van der Waals surface area (Å²) in [5.41, 5.74) is 1.84. The van der Waals surface area contributed by atoms with Crippen molar-refractivity contribution in [2.45, 2.75) is 6.92 Å². The Morgan fingerprint density at radius 3 is 3.06 bits per heavy atom. The molecule has 0 saturated carbocycles. The molecule has 1 aromatic heterocycles. The van der Waals surface area contributed by atoms with Crippen molar-refractivity contribution in [2.24, 2.45) is 5.10 Å². The second-order valence-corrected chi connectivity index (χ2v) is 4.59. The molecule has 0 saturated heterocycles. The molecule has 5 nitrogen and oxygen atoms in total. The Labute approximate surface area is 112 Å². The molecule has 0 radical (unpaired) electrons. The maximum Gasteiger partial charge on any atom is 0.427 e. The minimum atomic E-state index is -1.06. The Morgan fingerprint density at radius 1 is 1.61 bits per heavy atom. The minimum Gasteiger partial charge on any atom is -0.464 e. The molecule has 0 spiro atoms. The molecule has 0 bridgehead atoms. The topological polar surface area (TPSA) is 68.7 Å². The number of amides is 1. The predicted octanol–water partition coefficient (Wildman–Crippen LogP) is 3.26. The van der Waals surface area contributed by atoms with Crippen LogP contribution in [0.1, 0.15) is 12.5 Å². The van der Waals surface area contributed by atoms with Gasteiger partial charge < -0.3 is 10.1 Å². The van der Waals surface area contributed by atoms with Gasteiger partial charge in [0.1, 0.15) is 0 Å². The van der Waals surface area contributed by atoms with E-state index in [2.05, 4.69) is 26.0 Å². The lowest BCUT2D eigenvalue weighted by Crippen LogP contribution is -2.23.